The molecule has 1 fully saturated rings. The molecule has 1 aliphatic rings. The molecule has 0 spiro atoms. The molecule has 0 saturated carbocycles. The van der Waals surface area contributed by atoms with E-state index in [9.17, 15) is 13.2 Å². The van der Waals surface area contributed by atoms with Gasteiger partial charge in [-0.05, 0) is 24.1 Å². The summed E-state index contributed by atoms with van der Waals surface area (Å²) in [6.45, 7) is 5.21. The molecule has 1 saturated heterocycles. The van der Waals surface area contributed by atoms with Crippen molar-refractivity contribution in [2.45, 2.75) is 25.3 Å². The lowest BCUT2D eigenvalue weighted by molar-refractivity contribution is -0.129. The molecule has 116 valence electrons. The predicted molar refractivity (Wildman–Crippen MR) is 80.1 cm³/mol. The smallest absolute Gasteiger partial charge is 0.243 e. The fourth-order valence-electron chi connectivity index (χ4n) is 2.51. The van der Waals surface area contributed by atoms with E-state index in [1.165, 1.54) is 11.2 Å². The summed E-state index contributed by atoms with van der Waals surface area (Å²) in [6, 6.07) is 5.16. The molecule has 0 radical (unpaired) electrons. The molecule has 1 aromatic rings. The van der Waals surface area contributed by atoms with E-state index < -0.39 is 10.0 Å². The summed E-state index contributed by atoms with van der Waals surface area (Å²) in [7, 11) is -3.51. The number of rotatable bonds is 3. The average Bonchev–Trinajstić information content (AvgIpc) is 2.46. The lowest BCUT2D eigenvalue weighted by atomic mass is 10.1. The Balaban J connectivity index is 2.21. The van der Waals surface area contributed by atoms with Gasteiger partial charge in [-0.3, -0.25) is 4.79 Å². The number of sulfonamides is 1. The first-order valence-corrected chi connectivity index (χ1v) is 8.35. The Labute approximate surface area is 125 Å². The summed E-state index contributed by atoms with van der Waals surface area (Å²) in [5.74, 6) is -0.0180. The molecule has 0 aromatic heterocycles. The Morgan fingerprint density at radius 1 is 1.24 bits per heavy atom. The van der Waals surface area contributed by atoms with E-state index in [1.54, 1.807) is 30.0 Å². The van der Waals surface area contributed by atoms with Gasteiger partial charge in [-0.25, -0.2) is 8.42 Å². The SMILES string of the molecule is CC(=O)N1CCN(S(=O)(=O)c2ccc(CN)cc2C)CC1. The Kier molecular flexibility index (Phi) is 4.65. The van der Waals surface area contributed by atoms with Crippen molar-refractivity contribution in [1.82, 2.24) is 9.21 Å². The maximum atomic E-state index is 12.7. The third kappa shape index (κ3) is 3.25. The van der Waals surface area contributed by atoms with Crippen LogP contribution in [-0.4, -0.2) is 49.7 Å². The number of aryl methyl sites for hydroxylation is 1. The van der Waals surface area contributed by atoms with Crippen LogP contribution >= 0.6 is 0 Å². The summed E-state index contributed by atoms with van der Waals surface area (Å²) < 4.78 is 26.8. The molecule has 0 unspecified atom stereocenters. The predicted octanol–water partition coefficient (Wildman–Crippen LogP) is 0.307. The topological polar surface area (TPSA) is 83.7 Å². The summed E-state index contributed by atoms with van der Waals surface area (Å²) in [5.41, 5.74) is 7.18. The van der Waals surface area contributed by atoms with E-state index in [0.717, 1.165) is 5.56 Å². The summed E-state index contributed by atoms with van der Waals surface area (Å²) in [6.07, 6.45) is 0. The highest BCUT2D eigenvalue weighted by molar-refractivity contribution is 7.89. The fourth-order valence-corrected chi connectivity index (χ4v) is 4.14. The molecular formula is C14H21N3O3S. The number of carbonyl (C=O) groups excluding carboxylic acids is 1. The van der Waals surface area contributed by atoms with Gasteiger partial charge in [-0.15, -0.1) is 0 Å². The van der Waals surface area contributed by atoms with Crippen LogP contribution < -0.4 is 5.73 Å². The van der Waals surface area contributed by atoms with Crippen molar-refractivity contribution in [2.24, 2.45) is 5.73 Å². The van der Waals surface area contributed by atoms with Crippen LogP contribution in [0.1, 0.15) is 18.1 Å². The highest BCUT2D eigenvalue weighted by atomic mass is 32.2. The van der Waals surface area contributed by atoms with Crippen molar-refractivity contribution in [1.29, 1.82) is 0 Å². The lowest BCUT2D eigenvalue weighted by Gasteiger charge is -2.33. The van der Waals surface area contributed by atoms with Gasteiger partial charge in [0.05, 0.1) is 4.90 Å². The molecule has 1 aliphatic heterocycles. The minimum atomic E-state index is -3.51. The van der Waals surface area contributed by atoms with Crippen LogP contribution in [0.4, 0.5) is 0 Å². The van der Waals surface area contributed by atoms with E-state index in [0.29, 0.717) is 43.2 Å². The van der Waals surface area contributed by atoms with Gasteiger partial charge in [0.15, 0.2) is 0 Å². The van der Waals surface area contributed by atoms with Crippen LogP contribution in [0.25, 0.3) is 0 Å². The van der Waals surface area contributed by atoms with Crippen molar-refractivity contribution in [3.63, 3.8) is 0 Å². The molecule has 0 bridgehead atoms. The van der Waals surface area contributed by atoms with Gasteiger partial charge >= 0.3 is 0 Å². The first-order valence-electron chi connectivity index (χ1n) is 6.91. The van der Waals surface area contributed by atoms with Crippen molar-refractivity contribution in [2.75, 3.05) is 26.2 Å². The molecule has 6 nitrogen and oxygen atoms in total. The van der Waals surface area contributed by atoms with Gasteiger partial charge < -0.3 is 10.6 Å². The number of amides is 1. The summed E-state index contributed by atoms with van der Waals surface area (Å²) in [5, 5.41) is 0. The first-order chi connectivity index (χ1) is 9.86. The minimum Gasteiger partial charge on any atom is -0.340 e. The van der Waals surface area contributed by atoms with Gasteiger partial charge in [0.25, 0.3) is 0 Å². The summed E-state index contributed by atoms with van der Waals surface area (Å²) in [4.78, 5) is 13.3. The highest BCUT2D eigenvalue weighted by Crippen LogP contribution is 2.22. The second-order valence-electron chi connectivity index (χ2n) is 5.21. The number of nitrogens with zero attached hydrogens (tertiary/aromatic N) is 2. The number of hydrogen-bond donors (Lipinski definition) is 1. The Morgan fingerprint density at radius 2 is 1.86 bits per heavy atom. The van der Waals surface area contributed by atoms with Crippen LogP contribution in [0.2, 0.25) is 0 Å². The third-order valence-electron chi connectivity index (χ3n) is 3.78. The van der Waals surface area contributed by atoms with E-state index >= 15 is 0 Å². The Hall–Kier alpha value is -1.44. The minimum absolute atomic E-state index is 0.0180. The highest BCUT2D eigenvalue weighted by Gasteiger charge is 2.30. The molecule has 0 aliphatic carbocycles. The maximum absolute atomic E-state index is 12.7. The van der Waals surface area contributed by atoms with E-state index in [2.05, 4.69) is 0 Å². The number of carbonyl (C=O) groups is 1. The van der Waals surface area contributed by atoms with E-state index in [4.69, 9.17) is 5.73 Å². The van der Waals surface area contributed by atoms with Crippen LogP contribution in [-0.2, 0) is 21.4 Å². The van der Waals surface area contributed by atoms with Gasteiger partial charge in [0, 0.05) is 39.6 Å². The first kappa shape index (κ1) is 15.9. The van der Waals surface area contributed by atoms with E-state index in [1.807, 2.05) is 0 Å². The Bertz CT molecular complexity index is 635. The molecule has 1 amide bonds. The van der Waals surface area contributed by atoms with Crippen molar-refractivity contribution < 1.29 is 13.2 Å². The van der Waals surface area contributed by atoms with E-state index in [-0.39, 0.29) is 5.91 Å². The van der Waals surface area contributed by atoms with Crippen molar-refractivity contribution >= 4 is 15.9 Å². The lowest BCUT2D eigenvalue weighted by Crippen LogP contribution is -2.50. The molecule has 2 rings (SSSR count). The third-order valence-corrected chi connectivity index (χ3v) is 5.84. The fraction of sp³-hybridized carbons (Fsp3) is 0.500. The molecule has 7 heteroatoms. The second kappa shape index (κ2) is 6.13. The largest absolute Gasteiger partial charge is 0.340 e. The van der Waals surface area contributed by atoms with Crippen molar-refractivity contribution in [3.8, 4) is 0 Å². The summed E-state index contributed by atoms with van der Waals surface area (Å²) >= 11 is 0. The van der Waals surface area contributed by atoms with Gasteiger partial charge in [-0.1, -0.05) is 12.1 Å². The molecule has 1 heterocycles. The molecule has 2 N–H and O–H groups in total. The zero-order valence-corrected chi connectivity index (χ0v) is 13.2. The van der Waals surface area contributed by atoms with Gasteiger partial charge in [0.1, 0.15) is 0 Å². The van der Waals surface area contributed by atoms with Crippen LogP contribution in [0.5, 0.6) is 0 Å². The van der Waals surface area contributed by atoms with Crippen LogP contribution in [0.3, 0.4) is 0 Å². The standard InChI is InChI=1S/C14H21N3O3S/c1-11-9-13(10-15)3-4-14(11)21(19,20)17-7-5-16(6-8-17)12(2)18/h3-4,9H,5-8,10,15H2,1-2H3. The normalized spacial score (nSPS) is 17.0. The zero-order chi connectivity index (χ0) is 15.6. The van der Waals surface area contributed by atoms with Crippen LogP contribution in [0, 0.1) is 6.92 Å². The zero-order valence-electron chi connectivity index (χ0n) is 12.4. The monoisotopic (exact) mass is 311 g/mol. The molecular weight excluding hydrogens is 290 g/mol. The second-order valence-corrected chi connectivity index (χ2v) is 7.12. The van der Waals surface area contributed by atoms with Gasteiger partial charge in [0.2, 0.25) is 15.9 Å². The average molecular weight is 311 g/mol. The van der Waals surface area contributed by atoms with Crippen molar-refractivity contribution in [3.05, 3.63) is 29.3 Å². The number of nitrogens with two attached hydrogens (primary N) is 1. The Morgan fingerprint density at radius 3 is 2.33 bits per heavy atom. The number of benzene rings is 1. The number of hydrogen-bond acceptors (Lipinski definition) is 4. The molecule has 1 aromatic carbocycles. The number of piperazine rings is 1. The van der Waals surface area contributed by atoms with Crippen LogP contribution in [0.15, 0.2) is 23.1 Å². The molecule has 21 heavy (non-hydrogen) atoms. The molecule has 0 atom stereocenters. The maximum Gasteiger partial charge on any atom is 0.243 e. The quantitative estimate of drug-likeness (QED) is 0.870. The van der Waals surface area contributed by atoms with Gasteiger partial charge in [-0.2, -0.15) is 4.31 Å².